The number of fused-ring (bicyclic) bond motifs is 1. The molecule has 200 valence electrons. The first-order chi connectivity index (χ1) is 17.8. The van der Waals surface area contributed by atoms with Crippen molar-refractivity contribution < 1.29 is 14.7 Å². The minimum Gasteiger partial charge on any atom is -0.478 e. The van der Waals surface area contributed by atoms with E-state index >= 15 is 0 Å². The van der Waals surface area contributed by atoms with E-state index in [0.717, 1.165) is 23.1 Å². The fourth-order valence-corrected chi connectivity index (χ4v) is 5.98. The summed E-state index contributed by atoms with van der Waals surface area (Å²) in [5, 5.41) is 11.2. The van der Waals surface area contributed by atoms with Gasteiger partial charge in [0.1, 0.15) is 0 Å². The third-order valence-electron chi connectivity index (χ3n) is 7.24. The largest absolute Gasteiger partial charge is 0.478 e. The average Bonchev–Trinajstić information content (AvgIpc) is 2.83. The highest BCUT2D eigenvalue weighted by molar-refractivity contribution is 6.42. The highest BCUT2D eigenvalue weighted by Gasteiger charge is 2.44. The molecule has 1 atom stereocenters. The zero-order valence-corrected chi connectivity index (χ0v) is 23.9. The number of amides is 1. The van der Waals surface area contributed by atoms with Gasteiger partial charge < -0.3 is 15.7 Å². The second-order valence-electron chi connectivity index (χ2n) is 10.9. The Balaban J connectivity index is 1.99. The molecule has 0 saturated carbocycles. The van der Waals surface area contributed by atoms with Crippen molar-refractivity contribution in [3.05, 3.63) is 97.5 Å². The minimum absolute atomic E-state index is 0.0198. The maximum Gasteiger partial charge on any atom is 0.337 e. The van der Waals surface area contributed by atoms with E-state index in [4.69, 9.17) is 40.5 Å². The van der Waals surface area contributed by atoms with Gasteiger partial charge in [-0.1, -0.05) is 85.9 Å². The van der Waals surface area contributed by atoms with Gasteiger partial charge in [-0.3, -0.25) is 4.79 Å². The Morgan fingerprint density at radius 1 is 0.947 bits per heavy atom. The molecule has 0 saturated heterocycles. The number of anilines is 1. The van der Waals surface area contributed by atoms with E-state index in [1.807, 2.05) is 11.0 Å². The van der Waals surface area contributed by atoms with Crippen LogP contribution in [0.1, 0.15) is 66.2 Å². The van der Waals surface area contributed by atoms with Crippen LogP contribution >= 0.6 is 34.8 Å². The molecule has 0 aliphatic carbocycles. The maximum atomic E-state index is 12.7. The molecule has 1 amide bonds. The third-order valence-corrected chi connectivity index (χ3v) is 8.20. The summed E-state index contributed by atoms with van der Waals surface area (Å²) >= 11 is 19.1. The highest BCUT2D eigenvalue weighted by Crippen LogP contribution is 2.46. The highest BCUT2D eigenvalue weighted by atomic mass is 35.5. The zero-order valence-electron chi connectivity index (χ0n) is 21.7. The number of hydrogen-bond donors (Lipinski definition) is 2. The van der Waals surface area contributed by atoms with Crippen LogP contribution in [-0.2, 0) is 28.6 Å². The van der Waals surface area contributed by atoms with Gasteiger partial charge in [-0.05, 0) is 64.8 Å². The molecule has 0 aromatic heterocycles. The smallest absolute Gasteiger partial charge is 0.337 e. The zero-order chi connectivity index (χ0) is 27.8. The van der Waals surface area contributed by atoms with E-state index in [0.29, 0.717) is 40.1 Å². The van der Waals surface area contributed by atoms with Crippen molar-refractivity contribution in [3.63, 3.8) is 0 Å². The standard InChI is InChI=1S/C30H31Cl3N2O3/c1-29(2,3)20-8-6-18(7-9-20)16-30(17-26(34)36,21-10-11-24(32)25(33)14-21)35-12-4-5-19-13-22(31)15-23(27(19)35)28(37)38/h6-11,13-15H,4-5,12,16-17H2,1-3H3,(H2,34,36)(H,37,38). The lowest BCUT2D eigenvalue weighted by atomic mass is 9.76. The Morgan fingerprint density at radius 2 is 1.61 bits per heavy atom. The lowest BCUT2D eigenvalue weighted by molar-refractivity contribution is -0.119. The summed E-state index contributed by atoms with van der Waals surface area (Å²) < 4.78 is 0. The van der Waals surface area contributed by atoms with E-state index < -0.39 is 17.4 Å². The molecule has 38 heavy (non-hydrogen) atoms. The molecule has 3 N–H and O–H groups in total. The van der Waals surface area contributed by atoms with Crippen LogP contribution in [-0.4, -0.2) is 23.5 Å². The van der Waals surface area contributed by atoms with Crippen molar-refractivity contribution in [1.82, 2.24) is 0 Å². The van der Waals surface area contributed by atoms with Gasteiger partial charge in [0.15, 0.2) is 0 Å². The molecule has 1 unspecified atom stereocenters. The van der Waals surface area contributed by atoms with Gasteiger partial charge in [0, 0.05) is 18.0 Å². The van der Waals surface area contributed by atoms with Crippen LogP contribution in [0, 0.1) is 0 Å². The number of hydrogen-bond acceptors (Lipinski definition) is 3. The van der Waals surface area contributed by atoms with Gasteiger partial charge >= 0.3 is 5.97 Å². The maximum absolute atomic E-state index is 12.7. The van der Waals surface area contributed by atoms with E-state index in [1.165, 1.54) is 11.6 Å². The van der Waals surface area contributed by atoms with Gasteiger partial charge in [0.05, 0.1) is 33.3 Å². The molecular weight excluding hydrogens is 543 g/mol. The number of carboxylic acid groups (broad SMARTS) is 1. The summed E-state index contributed by atoms with van der Waals surface area (Å²) in [4.78, 5) is 27.2. The summed E-state index contributed by atoms with van der Waals surface area (Å²) in [5.74, 6) is -1.60. The summed E-state index contributed by atoms with van der Waals surface area (Å²) in [6, 6.07) is 16.8. The van der Waals surface area contributed by atoms with Crippen molar-refractivity contribution in [2.24, 2.45) is 5.73 Å². The number of aryl methyl sites for hydroxylation is 1. The fraction of sp³-hybridized carbons (Fsp3) is 0.333. The Bertz CT molecular complexity index is 1380. The number of carbonyl (C=O) groups is 2. The molecule has 0 spiro atoms. The van der Waals surface area contributed by atoms with Crippen molar-refractivity contribution in [1.29, 1.82) is 0 Å². The molecule has 5 nitrogen and oxygen atoms in total. The Morgan fingerprint density at radius 3 is 2.18 bits per heavy atom. The first-order valence-corrected chi connectivity index (χ1v) is 13.6. The van der Waals surface area contributed by atoms with E-state index in [-0.39, 0.29) is 17.4 Å². The van der Waals surface area contributed by atoms with E-state index in [2.05, 4.69) is 45.0 Å². The third kappa shape index (κ3) is 5.66. The number of benzene rings is 3. The number of halogens is 3. The van der Waals surface area contributed by atoms with Gasteiger partial charge in [-0.15, -0.1) is 0 Å². The van der Waals surface area contributed by atoms with Crippen molar-refractivity contribution in [2.45, 2.75) is 57.4 Å². The normalized spacial score (nSPS) is 15.1. The van der Waals surface area contributed by atoms with Gasteiger partial charge in [-0.25, -0.2) is 4.79 Å². The van der Waals surface area contributed by atoms with Crippen LogP contribution in [0.3, 0.4) is 0 Å². The second kappa shape index (κ2) is 10.8. The van der Waals surface area contributed by atoms with Crippen LogP contribution in [0.5, 0.6) is 0 Å². The van der Waals surface area contributed by atoms with Crippen LogP contribution in [0.4, 0.5) is 5.69 Å². The van der Waals surface area contributed by atoms with Crippen LogP contribution in [0.25, 0.3) is 0 Å². The fourth-order valence-electron chi connectivity index (χ4n) is 5.44. The molecule has 3 aromatic carbocycles. The van der Waals surface area contributed by atoms with Gasteiger partial charge in [0.25, 0.3) is 0 Å². The first-order valence-electron chi connectivity index (χ1n) is 12.5. The van der Waals surface area contributed by atoms with Crippen molar-refractivity contribution in [3.8, 4) is 0 Å². The summed E-state index contributed by atoms with van der Waals surface area (Å²) in [7, 11) is 0. The van der Waals surface area contributed by atoms with E-state index in [9.17, 15) is 14.7 Å². The molecule has 1 aliphatic rings. The molecule has 4 rings (SSSR count). The van der Waals surface area contributed by atoms with Crippen molar-refractivity contribution in [2.75, 3.05) is 11.4 Å². The quantitative estimate of drug-likeness (QED) is 0.308. The predicted molar refractivity (Wildman–Crippen MR) is 155 cm³/mol. The van der Waals surface area contributed by atoms with Crippen LogP contribution < -0.4 is 10.6 Å². The molecule has 0 fully saturated rings. The number of nitrogens with two attached hydrogens (primary N) is 1. The Labute approximate surface area is 238 Å². The Kier molecular flexibility index (Phi) is 8.04. The Hall–Kier alpha value is -2.73. The van der Waals surface area contributed by atoms with Gasteiger partial charge in [0.2, 0.25) is 5.91 Å². The SMILES string of the molecule is CC(C)(C)c1ccc(CC(CC(N)=O)(c2ccc(Cl)c(Cl)c2)N2CCCc3cc(Cl)cc(C(=O)O)c32)cc1. The summed E-state index contributed by atoms with van der Waals surface area (Å²) in [6.45, 7) is 6.97. The number of aromatic carboxylic acids is 1. The molecular formula is C30H31Cl3N2O3. The first kappa shape index (κ1) is 28.3. The average molecular weight is 574 g/mol. The molecule has 0 radical (unpaired) electrons. The second-order valence-corrected chi connectivity index (χ2v) is 12.2. The number of carboxylic acids is 1. The lowest BCUT2D eigenvalue weighted by Crippen LogP contribution is -2.53. The molecule has 1 aliphatic heterocycles. The van der Waals surface area contributed by atoms with E-state index in [1.54, 1.807) is 18.2 Å². The number of nitrogens with zero attached hydrogens (tertiary/aromatic N) is 1. The predicted octanol–water partition coefficient (Wildman–Crippen LogP) is 7.41. The number of rotatable bonds is 7. The summed E-state index contributed by atoms with van der Waals surface area (Å²) in [6.07, 6.45) is 1.74. The van der Waals surface area contributed by atoms with Gasteiger partial charge in [-0.2, -0.15) is 0 Å². The molecule has 1 heterocycles. The number of primary amides is 1. The molecule has 8 heteroatoms. The van der Waals surface area contributed by atoms with Crippen molar-refractivity contribution >= 4 is 52.4 Å². The monoisotopic (exact) mass is 572 g/mol. The number of carbonyl (C=O) groups excluding carboxylic acids is 1. The minimum atomic E-state index is -1.09. The topological polar surface area (TPSA) is 83.6 Å². The summed E-state index contributed by atoms with van der Waals surface area (Å²) in [5.41, 5.74) is 9.19. The van der Waals surface area contributed by atoms with Crippen LogP contribution in [0.2, 0.25) is 15.1 Å². The van der Waals surface area contributed by atoms with Crippen LogP contribution in [0.15, 0.2) is 54.6 Å². The lowest BCUT2D eigenvalue weighted by Gasteiger charge is -2.49. The molecule has 0 bridgehead atoms. The molecule has 3 aromatic rings.